The van der Waals surface area contributed by atoms with Crippen molar-refractivity contribution >= 4 is 0 Å². The van der Waals surface area contributed by atoms with Crippen molar-refractivity contribution in [1.82, 2.24) is 10.2 Å². The smallest absolute Gasteiger partial charge is 0.00702 e. The van der Waals surface area contributed by atoms with E-state index in [1.54, 1.807) is 0 Å². The molecule has 0 amide bonds. The zero-order chi connectivity index (χ0) is 12.5. The van der Waals surface area contributed by atoms with Gasteiger partial charge in [-0.1, -0.05) is 20.8 Å². The third-order valence-corrected chi connectivity index (χ3v) is 4.75. The molecule has 0 radical (unpaired) electrons. The van der Waals surface area contributed by atoms with Crippen molar-refractivity contribution in [2.45, 2.75) is 65.5 Å². The highest BCUT2D eigenvalue weighted by Gasteiger charge is 2.33. The first-order valence-electron chi connectivity index (χ1n) is 7.50. The summed E-state index contributed by atoms with van der Waals surface area (Å²) in [6, 6.07) is 1.63. The first-order chi connectivity index (χ1) is 8.02. The highest BCUT2D eigenvalue weighted by atomic mass is 15.2. The molecule has 0 spiro atoms. The maximum absolute atomic E-state index is 3.72. The van der Waals surface area contributed by atoms with Crippen LogP contribution in [-0.2, 0) is 0 Å². The molecule has 17 heavy (non-hydrogen) atoms. The van der Waals surface area contributed by atoms with Crippen LogP contribution in [-0.4, -0.2) is 36.6 Å². The van der Waals surface area contributed by atoms with E-state index in [0.717, 1.165) is 18.0 Å². The van der Waals surface area contributed by atoms with Crippen molar-refractivity contribution in [3.63, 3.8) is 0 Å². The first-order valence-corrected chi connectivity index (χ1v) is 7.50. The van der Waals surface area contributed by atoms with Crippen molar-refractivity contribution in [2.24, 2.45) is 11.3 Å². The number of nitrogens with one attached hydrogen (secondary N) is 1. The van der Waals surface area contributed by atoms with Crippen LogP contribution in [0, 0.1) is 11.3 Å². The van der Waals surface area contributed by atoms with Crippen LogP contribution in [0.4, 0.5) is 0 Å². The number of hydrogen-bond acceptors (Lipinski definition) is 2. The summed E-state index contributed by atoms with van der Waals surface area (Å²) in [5.74, 6) is 0.891. The van der Waals surface area contributed by atoms with Crippen molar-refractivity contribution < 1.29 is 0 Å². The molecule has 1 aliphatic heterocycles. The van der Waals surface area contributed by atoms with Crippen LogP contribution in [0.25, 0.3) is 0 Å². The van der Waals surface area contributed by atoms with E-state index in [1.165, 1.54) is 45.3 Å². The molecule has 1 saturated heterocycles. The molecule has 3 unspecified atom stereocenters. The summed E-state index contributed by atoms with van der Waals surface area (Å²) in [6.07, 6.45) is 5.47. The minimum absolute atomic E-state index is 0.459. The summed E-state index contributed by atoms with van der Waals surface area (Å²) in [6.45, 7) is 13.4. The average Bonchev–Trinajstić information content (AvgIpc) is 3.04. The summed E-state index contributed by atoms with van der Waals surface area (Å²) in [7, 11) is 0. The molecular formula is C15H30N2. The largest absolute Gasteiger partial charge is 0.313 e. The lowest BCUT2D eigenvalue weighted by Gasteiger charge is -2.35. The zero-order valence-corrected chi connectivity index (χ0v) is 12.1. The molecule has 1 heterocycles. The lowest BCUT2D eigenvalue weighted by molar-refractivity contribution is 0.148. The Morgan fingerprint density at radius 3 is 2.47 bits per heavy atom. The molecule has 2 heteroatoms. The normalized spacial score (nSPS) is 33.9. The average molecular weight is 238 g/mol. The first kappa shape index (κ1) is 13.4. The molecule has 2 rings (SSSR count). The summed E-state index contributed by atoms with van der Waals surface area (Å²) in [5.41, 5.74) is 0.459. The molecule has 1 aliphatic carbocycles. The van der Waals surface area contributed by atoms with E-state index in [1.807, 2.05) is 0 Å². The molecule has 2 aliphatic rings. The maximum atomic E-state index is 3.72. The van der Waals surface area contributed by atoms with Crippen LogP contribution in [0.2, 0.25) is 0 Å². The fraction of sp³-hybridized carbons (Fsp3) is 1.00. The van der Waals surface area contributed by atoms with Gasteiger partial charge in [-0.2, -0.15) is 0 Å². The highest BCUT2D eigenvalue weighted by Crippen LogP contribution is 2.30. The fourth-order valence-electron chi connectivity index (χ4n) is 3.07. The SMILES string of the molecule is CCC(C)(CNC1CC1)CN1CC(C)CC1C. The van der Waals surface area contributed by atoms with Gasteiger partial charge in [-0.25, -0.2) is 0 Å². The van der Waals surface area contributed by atoms with Crippen molar-refractivity contribution in [3.05, 3.63) is 0 Å². The van der Waals surface area contributed by atoms with Crippen LogP contribution >= 0.6 is 0 Å². The predicted molar refractivity (Wildman–Crippen MR) is 74.2 cm³/mol. The lowest BCUT2D eigenvalue weighted by Crippen LogP contribution is -2.43. The molecule has 1 saturated carbocycles. The number of nitrogens with zero attached hydrogens (tertiary/aromatic N) is 1. The van der Waals surface area contributed by atoms with Crippen molar-refractivity contribution in [2.75, 3.05) is 19.6 Å². The number of rotatable bonds is 6. The van der Waals surface area contributed by atoms with E-state index < -0.39 is 0 Å². The quantitative estimate of drug-likeness (QED) is 0.765. The van der Waals surface area contributed by atoms with Crippen LogP contribution in [0.15, 0.2) is 0 Å². The van der Waals surface area contributed by atoms with Crippen molar-refractivity contribution in [3.8, 4) is 0 Å². The standard InChI is InChI=1S/C15H30N2/c1-5-15(4,10-16-14-6-7-14)11-17-9-12(2)8-13(17)3/h12-14,16H,5-11H2,1-4H3. The van der Waals surface area contributed by atoms with E-state index in [4.69, 9.17) is 0 Å². The molecule has 1 N–H and O–H groups in total. The zero-order valence-electron chi connectivity index (χ0n) is 12.1. The minimum Gasteiger partial charge on any atom is -0.313 e. The van der Waals surface area contributed by atoms with Crippen LogP contribution in [0.1, 0.15) is 53.4 Å². The Hall–Kier alpha value is -0.0800. The summed E-state index contributed by atoms with van der Waals surface area (Å²) < 4.78 is 0. The molecule has 100 valence electrons. The minimum atomic E-state index is 0.459. The summed E-state index contributed by atoms with van der Waals surface area (Å²) >= 11 is 0. The highest BCUT2D eigenvalue weighted by molar-refractivity contribution is 4.89. The molecule has 0 bridgehead atoms. The van der Waals surface area contributed by atoms with E-state index in [0.29, 0.717) is 5.41 Å². The van der Waals surface area contributed by atoms with Crippen LogP contribution < -0.4 is 5.32 Å². The molecular weight excluding hydrogens is 208 g/mol. The van der Waals surface area contributed by atoms with Gasteiger partial charge in [0, 0.05) is 31.7 Å². The van der Waals surface area contributed by atoms with Crippen LogP contribution in [0.3, 0.4) is 0 Å². The topological polar surface area (TPSA) is 15.3 Å². The molecule has 2 nitrogen and oxygen atoms in total. The maximum Gasteiger partial charge on any atom is 0.00702 e. The predicted octanol–water partition coefficient (Wildman–Crippen LogP) is 2.89. The van der Waals surface area contributed by atoms with Crippen molar-refractivity contribution in [1.29, 1.82) is 0 Å². The second kappa shape index (κ2) is 5.27. The van der Waals surface area contributed by atoms with E-state index in [2.05, 4.69) is 37.9 Å². The van der Waals surface area contributed by atoms with E-state index in [9.17, 15) is 0 Å². The summed E-state index contributed by atoms with van der Waals surface area (Å²) in [5, 5.41) is 3.72. The third-order valence-electron chi connectivity index (χ3n) is 4.75. The van der Waals surface area contributed by atoms with E-state index >= 15 is 0 Å². The molecule has 0 aromatic carbocycles. The number of likely N-dealkylation sites (tertiary alicyclic amines) is 1. The van der Waals surface area contributed by atoms with Gasteiger partial charge in [-0.15, -0.1) is 0 Å². The second-order valence-electron chi connectivity index (χ2n) is 6.94. The Kier molecular flexibility index (Phi) is 4.14. The fourth-order valence-corrected chi connectivity index (χ4v) is 3.07. The Balaban J connectivity index is 1.83. The third kappa shape index (κ3) is 3.69. The van der Waals surface area contributed by atoms with Gasteiger partial charge < -0.3 is 5.32 Å². The van der Waals surface area contributed by atoms with Gasteiger partial charge in [-0.05, 0) is 43.9 Å². The molecule has 3 atom stereocenters. The number of hydrogen-bond donors (Lipinski definition) is 1. The van der Waals surface area contributed by atoms with Gasteiger partial charge in [0.05, 0.1) is 0 Å². The molecule has 0 aromatic rings. The van der Waals surface area contributed by atoms with Gasteiger partial charge in [0.1, 0.15) is 0 Å². The Bertz CT molecular complexity index is 249. The lowest BCUT2D eigenvalue weighted by atomic mass is 9.86. The Morgan fingerprint density at radius 1 is 1.29 bits per heavy atom. The Labute approximate surface area is 107 Å². The summed E-state index contributed by atoms with van der Waals surface area (Å²) in [4.78, 5) is 2.71. The second-order valence-corrected chi connectivity index (χ2v) is 6.94. The Morgan fingerprint density at radius 2 is 2.00 bits per heavy atom. The van der Waals surface area contributed by atoms with Gasteiger partial charge in [-0.3, -0.25) is 4.90 Å². The monoisotopic (exact) mass is 238 g/mol. The van der Waals surface area contributed by atoms with E-state index in [-0.39, 0.29) is 0 Å². The van der Waals surface area contributed by atoms with Crippen LogP contribution in [0.5, 0.6) is 0 Å². The van der Waals surface area contributed by atoms with Gasteiger partial charge in [0.2, 0.25) is 0 Å². The molecule has 0 aromatic heterocycles. The van der Waals surface area contributed by atoms with Gasteiger partial charge in [0.15, 0.2) is 0 Å². The molecule has 2 fully saturated rings. The van der Waals surface area contributed by atoms with Gasteiger partial charge in [0.25, 0.3) is 0 Å². The van der Waals surface area contributed by atoms with Gasteiger partial charge >= 0.3 is 0 Å².